The first-order chi connectivity index (χ1) is 15.3. The molecule has 2 aromatic carbocycles. The highest BCUT2D eigenvalue weighted by atomic mass is 35.5. The summed E-state index contributed by atoms with van der Waals surface area (Å²) in [6.45, 7) is 0.663. The van der Waals surface area contributed by atoms with Gasteiger partial charge in [-0.05, 0) is 36.2 Å². The zero-order chi connectivity index (χ0) is 23.4. The largest absolute Gasteiger partial charge is 0.507 e. The van der Waals surface area contributed by atoms with Crippen LogP contribution >= 0.6 is 23.2 Å². The lowest BCUT2D eigenvalue weighted by Crippen LogP contribution is -2.31. The van der Waals surface area contributed by atoms with Gasteiger partial charge in [-0.25, -0.2) is 0 Å². The van der Waals surface area contributed by atoms with Crippen molar-refractivity contribution in [2.45, 2.75) is 12.5 Å². The highest BCUT2D eigenvalue weighted by molar-refractivity contribution is 6.46. The van der Waals surface area contributed by atoms with Gasteiger partial charge in [0, 0.05) is 25.3 Å². The van der Waals surface area contributed by atoms with E-state index < -0.39 is 23.5 Å². The number of nitrogens with zero attached hydrogens (tertiary/aromatic N) is 1. The molecule has 1 unspecified atom stereocenters. The summed E-state index contributed by atoms with van der Waals surface area (Å²) in [7, 11) is 4.46. The minimum atomic E-state index is -0.843. The van der Waals surface area contributed by atoms with Crippen LogP contribution < -0.4 is 9.47 Å². The topological polar surface area (TPSA) is 85.3 Å². The van der Waals surface area contributed by atoms with E-state index in [1.54, 1.807) is 31.4 Å². The number of ketones is 1. The molecule has 0 aliphatic carbocycles. The molecule has 3 rings (SSSR count). The smallest absolute Gasteiger partial charge is 0.295 e. The standard InChI is InChI=1S/C23H23Cl2NO6/c1-30-9-5-8-26-19(13-6-4-7-15(10-13)31-2)18(21(28)23(26)29)20(27)16-11-14(24)12-17(25)22(16)32-3/h4,6-7,10-12,19,27H,5,8-9H2,1-3H3/b20-18+. The fraction of sp³-hybridized carbons (Fsp3) is 0.304. The van der Waals surface area contributed by atoms with Gasteiger partial charge in [-0.2, -0.15) is 0 Å². The Bertz CT molecular complexity index is 1070. The summed E-state index contributed by atoms with van der Waals surface area (Å²) >= 11 is 12.4. The summed E-state index contributed by atoms with van der Waals surface area (Å²) in [5.41, 5.74) is 0.639. The van der Waals surface area contributed by atoms with Gasteiger partial charge in [-0.1, -0.05) is 35.3 Å². The van der Waals surface area contributed by atoms with Crippen LogP contribution in [0, 0.1) is 0 Å². The fourth-order valence-electron chi connectivity index (χ4n) is 3.74. The SMILES string of the molecule is COCCCN1C(=O)C(=O)/C(=C(/O)c2cc(Cl)cc(Cl)c2OC)C1c1cccc(OC)c1. The molecule has 0 spiro atoms. The predicted octanol–water partition coefficient (Wildman–Crippen LogP) is 4.47. The number of amides is 1. The molecular formula is C23H23Cl2NO6. The van der Waals surface area contributed by atoms with E-state index in [4.69, 9.17) is 37.4 Å². The third-order valence-corrected chi connectivity index (χ3v) is 5.66. The van der Waals surface area contributed by atoms with E-state index in [0.29, 0.717) is 24.3 Å². The summed E-state index contributed by atoms with van der Waals surface area (Å²) in [6.07, 6.45) is 0.510. The van der Waals surface area contributed by atoms with Gasteiger partial charge in [-0.3, -0.25) is 9.59 Å². The second kappa shape index (κ2) is 10.3. The van der Waals surface area contributed by atoms with Gasteiger partial charge in [0.05, 0.1) is 36.4 Å². The summed E-state index contributed by atoms with van der Waals surface area (Å²) in [5, 5.41) is 11.6. The van der Waals surface area contributed by atoms with Crippen molar-refractivity contribution in [1.29, 1.82) is 0 Å². The highest BCUT2D eigenvalue weighted by Crippen LogP contribution is 2.43. The van der Waals surface area contributed by atoms with Crippen LogP contribution in [0.4, 0.5) is 0 Å². The van der Waals surface area contributed by atoms with Gasteiger partial charge in [0.25, 0.3) is 11.7 Å². The number of methoxy groups -OCH3 is 3. The number of hydrogen-bond donors (Lipinski definition) is 1. The molecule has 1 N–H and O–H groups in total. The first-order valence-electron chi connectivity index (χ1n) is 9.78. The molecule has 1 heterocycles. The maximum absolute atomic E-state index is 13.1. The van der Waals surface area contributed by atoms with Crippen molar-refractivity contribution in [2.75, 3.05) is 34.5 Å². The van der Waals surface area contributed by atoms with E-state index in [1.807, 2.05) is 0 Å². The van der Waals surface area contributed by atoms with Crippen LogP contribution in [-0.4, -0.2) is 56.2 Å². The zero-order valence-corrected chi connectivity index (χ0v) is 19.4. The number of aliphatic hydroxyl groups is 1. The monoisotopic (exact) mass is 479 g/mol. The number of benzene rings is 2. The minimum Gasteiger partial charge on any atom is -0.507 e. The molecule has 32 heavy (non-hydrogen) atoms. The van der Waals surface area contributed by atoms with E-state index in [9.17, 15) is 14.7 Å². The summed E-state index contributed by atoms with van der Waals surface area (Å²) in [5.74, 6) is -1.27. The molecule has 0 saturated carbocycles. The van der Waals surface area contributed by atoms with Gasteiger partial charge in [0.1, 0.15) is 17.3 Å². The predicted molar refractivity (Wildman–Crippen MR) is 122 cm³/mol. The third kappa shape index (κ3) is 4.55. The van der Waals surface area contributed by atoms with Crippen molar-refractivity contribution in [3.05, 3.63) is 63.1 Å². The Morgan fingerprint density at radius 1 is 1.09 bits per heavy atom. The second-order valence-electron chi connectivity index (χ2n) is 7.08. The molecule has 9 heteroatoms. The minimum absolute atomic E-state index is 0.0858. The Kier molecular flexibility index (Phi) is 7.66. The number of rotatable bonds is 8. The van der Waals surface area contributed by atoms with Crippen molar-refractivity contribution in [3.8, 4) is 11.5 Å². The third-order valence-electron chi connectivity index (χ3n) is 5.16. The number of carbonyl (C=O) groups is 2. The van der Waals surface area contributed by atoms with E-state index in [0.717, 1.165) is 0 Å². The molecule has 7 nitrogen and oxygen atoms in total. The van der Waals surface area contributed by atoms with E-state index in [-0.39, 0.29) is 33.5 Å². The van der Waals surface area contributed by atoms with E-state index >= 15 is 0 Å². The molecule has 0 bridgehead atoms. The van der Waals surface area contributed by atoms with Crippen LogP contribution in [0.3, 0.4) is 0 Å². The molecule has 0 aromatic heterocycles. The Labute approximate surface area is 196 Å². The van der Waals surface area contributed by atoms with Gasteiger partial charge in [-0.15, -0.1) is 0 Å². The van der Waals surface area contributed by atoms with Crippen molar-refractivity contribution >= 4 is 40.7 Å². The Morgan fingerprint density at radius 3 is 2.50 bits per heavy atom. The summed E-state index contributed by atoms with van der Waals surface area (Å²) in [4.78, 5) is 27.5. The average Bonchev–Trinajstić information content (AvgIpc) is 3.03. The number of halogens is 2. The number of carbonyl (C=O) groups excluding carboxylic acids is 2. The maximum atomic E-state index is 13.1. The lowest BCUT2D eigenvalue weighted by atomic mass is 9.94. The lowest BCUT2D eigenvalue weighted by molar-refractivity contribution is -0.140. The quantitative estimate of drug-likeness (QED) is 0.260. The summed E-state index contributed by atoms with van der Waals surface area (Å²) < 4.78 is 15.7. The van der Waals surface area contributed by atoms with Crippen molar-refractivity contribution in [1.82, 2.24) is 4.90 Å². The number of hydrogen-bond acceptors (Lipinski definition) is 6. The second-order valence-corrected chi connectivity index (χ2v) is 7.93. The maximum Gasteiger partial charge on any atom is 0.295 e. The lowest BCUT2D eigenvalue weighted by Gasteiger charge is -2.25. The van der Waals surface area contributed by atoms with Crippen LogP contribution in [0.1, 0.15) is 23.6 Å². The first-order valence-corrected chi connectivity index (χ1v) is 10.5. The molecular weight excluding hydrogens is 457 g/mol. The van der Waals surface area contributed by atoms with Crippen molar-refractivity contribution < 1.29 is 28.9 Å². The molecule has 170 valence electrons. The fourth-order valence-corrected chi connectivity index (χ4v) is 4.31. The first kappa shape index (κ1) is 23.9. The number of aliphatic hydroxyl groups excluding tert-OH is 1. The van der Waals surface area contributed by atoms with E-state index in [2.05, 4.69) is 0 Å². The van der Waals surface area contributed by atoms with Crippen LogP contribution in [0.15, 0.2) is 42.0 Å². The van der Waals surface area contributed by atoms with Gasteiger partial charge in [0.2, 0.25) is 0 Å². The Hall–Kier alpha value is -2.74. The highest BCUT2D eigenvalue weighted by Gasteiger charge is 2.46. The normalized spacial score (nSPS) is 17.7. The van der Waals surface area contributed by atoms with Crippen LogP contribution in [-0.2, 0) is 14.3 Å². The van der Waals surface area contributed by atoms with Crippen LogP contribution in [0.25, 0.3) is 5.76 Å². The Morgan fingerprint density at radius 2 is 1.84 bits per heavy atom. The van der Waals surface area contributed by atoms with Crippen molar-refractivity contribution in [3.63, 3.8) is 0 Å². The van der Waals surface area contributed by atoms with E-state index in [1.165, 1.54) is 31.3 Å². The molecule has 1 aliphatic rings. The number of ether oxygens (including phenoxy) is 3. The average molecular weight is 480 g/mol. The van der Waals surface area contributed by atoms with Crippen LogP contribution in [0.5, 0.6) is 11.5 Å². The molecule has 1 atom stereocenters. The molecule has 1 fully saturated rings. The molecule has 1 amide bonds. The molecule has 1 aliphatic heterocycles. The van der Waals surface area contributed by atoms with Gasteiger partial charge in [0.15, 0.2) is 0 Å². The summed E-state index contributed by atoms with van der Waals surface area (Å²) in [6, 6.07) is 9.03. The van der Waals surface area contributed by atoms with Gasteiger partial charge < -0.3 is 24.2 Å². The molecule has 1 saturated heterocycles. The van der Waals surface area contributed by atoms with Crippen LogP contribution in [0.2, 0.25) is 10.0 Å². The number of Topliss-reactive ketones (excluding diaryl/α,β-unsaturated/α-hetero) is 1. The van der Waals surface area contributed by atoms with Gasteiger partial charge >= 0.3 is 0 Å². The molecule has 2 aromatic rings. The Balaban J connectivity index is 2.23. The molecule has 0 radical (unpaired) electrons. The number of likely N-dealkylation sites (tertiary alicyclic amines) is 1. The zero-order valence-electron chi connectivity index (χ0n) is 17.9. The van der Waals surface area contributed by atoms with Crippen molar-refractivity contribution in [2.24, 2.45) is 0 Å².